The van der Waals surface area contributed by atoms with E-state index >= 15 is 0 Å². The monoisotopic (exact) mass is 263 g/mol. The van der Waals surface area contributed by atoms with Gasteiger partial charge in [0.2, 0.25) is 0 Å². The quantitative estimate of drug-likeness (QED) is 0.920. The van der Waals surface area contributed by atoms with Crippen LogP contribution in [0.2, 0.25) is 0 Å². The van der Waals surface area contributed by atoms with E-state index < -0.39 is 6.10 Å². The Balaban J connectivity index is 2.25. The second-order valence-electron chi connectivity index (χ2n) is 4.49. The number of nitrogens with zero attached hydrogens (tertiary/aromatic N) is 1. The Bertz CT molecular complexity index is 522. The first kappa shape index (κ1) is 13.1. The van der Waals surface area contributed by atoms with Crippen molar-refractivity contribution in [1.82, 2.24) is 4.98 Å². The summed E-state index contributed by atoms with van der Waals surface area (Å²) >= 11 is 1.55. The molecule has 2 aromatic heterocycles. The lowest BCUT2D eigenvalue weighted by Crippen LogP contribution is -2.07. The van der Waals surface area contributed by atoms with Crippen molar-refractivity contribution < 1.29 is 9.84 Å². The van der Waals surface area contributed by atoms with Gasteiger partial charge < -0.3 is 9.84 Å². The minimum Gasteiger partial charge on any atom is -0.489 e. The Kier molecular flexibility index (Phi) is 3.99. The summed E-state index contributed by atoms with van der Waals surface area (Å²) in [5.41, 5.74) is 1.86. The van der Waals surface area contributed by atoms with E-state index in [0.29, 0.717) is 5.75 Å². The van der Waals surface area contributed by atoms with Gasteiger partial charge in [-0.1, -0.05) is 0 Å². The standard InChI is InChI=1S/C14H17NO2S/c1-9(2)17-12-6-11(7-15-8-12)13(16)14-10(3)4-5-18-14/h4-9,13,16H,1-3H3. The van der Waals surface area contributed by atoms with Crippen molar-refractivity contribution in [3.8, 4) is 5.75 Å². The van der Waals surface area contributed by atoms with Crippen LogP contribution in [-0.2, 0) is 0 Å². The molecule has 0 radical (unpaired) electrons. The number of thiophene rings is 1. The van der Waals surface area contributed by atoms with Gasteiger partial charge in [-0.3, -0.25) is 4.98 Å². The van der Waals surface area contributed by atoms with E-state index in [4.69, 9.17) is 4.74 Å². The average Bonchev–Trinajstić information content (AvgIpc) is 2.74. The van der Waals surface area contributed by atoms with E-state index in [2.05, 4.69) is 4.98 Å². The molecule has 0 saturated heterocycles. The van der Waals surface area contributed by atoms with E-state index in [-0.39, 0.29) is 6.10 Å². The van der Waals surface area contributed by atoms with Crippen LogP contribution >= 0.6 is 11.3 Å². The highest BCUT2D eigenvalue weighted by molar-refractivity contribution is 7.10. The molecule has 0 aliphatic heterocycles. The van der Waals surface area contributed by atoms with Crippen LogP contribution in [-0.4, -0.2) is 16.2 Å². The van der Waals surface area contributed by atoms with Crippen LogP contribution in [0, 0.1) is 6.92 Å². The highest BCUT2D eigenvalue weighted by atomic mass is 32.1. The van der Waals surface area contributed by atoms with E-state index in [1.54, 1.807) is 23.7 Å². The highest BCUT2D eigenvalue weighted by Crippen LogP contribution is 2.30. The average molecular weight is 263 g/mol. The molecule has 2 aromatic rings. The van der Waals surface area contributed by atoms with Crippen molar-refractivity contribution in [2.24, 2.45) is 0 Å². The van der Waals surface area contributed by atoms with Crippen LogP contribution in [0.5, 0.6) is 5.75 Å². The van der Waals surface area contributed by atoms with E-state index in [0.717, 1.165) is 16.0 Å². The molecule has 0 bridgehead atoms. The predicted octanol–water partition coefficient (Wildman–Crippen LogP) is 3.32. The summed E-state index contributed by atoms with van der Waals surface area (Å²) in [6.45, 7) is 5.93. The zero-order valence-electron chi connectivity index (χ0n) is 10.8. The summed E-state index contributed by atoms with van der Waals surface area (Å²) in [5, 5.41) is 12.3. The lowest BCUT2D eigenvalue weighted by molar-refractivity contribution is 0.218. The number of pyridine rings is 1. The molecule has 1 atom stereocenters. The van der Waals surface area contributed by atoms with Gasteiger partial charge in [-0.05, 0) is 43.8 Å². The Hall–Kier alpha value is -1.39. The number of hydrogen-bond donors (Lipinski definition) is 1. The lowest BCUT2D eigenvalue weighted by Gasteiger charge is -2.13. The summed E-state index contributed by atoms with van der Waals surface area (Å²) in [6.07, 6.45) is 2.81. The Morgan fingerprint density at radius 2 is 2.11 bits per heavy atom. The van der Waals surface area contributed by atoms with Gasteiger partial charge in [-0.2, -0.15) is 0 Å². The van der Waals surface area contributed by atoms with Crippen LogP contribution in [0.4, 0.5) is 0 Å². The number of aryl methyl sites for hydroxylation is 1. The van der Waals surface area contributed by atoms with Gasteiger partial charge in [0.1, 0.15) is 11.9 Å². The van der Waals surface area contributed by atoms with Gasteiger partial charge in [0, 0.05) is 16.6 Å². The van der Waals surface area contributed by atoms with Crippen LogP contribution in [0.1, 0.15) is 36.0 Å². The van der Waals surface area contributed by atoms with Crippen LogP contribution in [0.3, 0.4) is 0 Å². The number of aromatic nitrogens is 1. The molecule has 3 nitrogen and oxygen atoms in total. The zero-order chi connectivity index (χ0) is 13.1. The van der Waals surface area contributed by atoms with Gasteiger partial charge in [-0.25, -0.2) is 0 Å². The first-order valence-electron chi connectivity index (χ1n) is 5.91. The number of hydrogen-bond acceptors (Lipinski definition) is 4. The molecular formula is C14H17NO2S. The molecule has 2 heterocycles. The van der Waals surface area contributed by atoms with Crippen LogP contribution in [0.15, 0.2) is 29.9 Å². The maximum Gasteiger partial charge on any atom is 0.138 e. The van der Waals surface area contributed by atoms with Crippen molar-refractivity contribution in [3.05, 3.63) is 45.9 Å². The van der Waals surface area contributed by atoms with E-state index in [1.807, 2.05) is 38.3 Å². The smallest absolute Gasteiger partial charge is 0.138 e. The number of aliphatic hydroxyl groups excluding tert-OH is 1. The van der Waals surface area contributed by atoms with Gasteiger partial charge >= 0.3 is 0 Å². The van der Waals surface area contributed by atoms with Crippen molar-refractivity contribution in [2.45, 2.75) is 33.0 Å². The van der Waals surface area contributed by atoms with Crippen molar-refractivity contribution in [1.29, 1.82) is 0 Å². The first-order chi connectivity index (χ1) is 8.58. The summed E-state index contributed by atoms with van der Waals surface area (Å²) in [5.74, 6) is 0.691. The molecule has 4 heteroatoms. The predicted molar refractivity (Wildman–Crippen MR) is 73.1 cm³/mol. The highest BCUT2D eigenvalue weighted by Gasteiger charge is 2.15. The van der Waals surface area contributed by atoms with E-state index in [1.165, 1.54) is 0 Å². The first-order valence-corrected chi connectivity index (χ1v) is 6.79. The molecule has 0 fully saturated rings. The molecule has 0 aliphatic carbocycles. The summed E-state index contributed by atoms with van der Waals surface area (Å²) in [4.78, 5) is 5.07. The summed E-state index contributed by atoms with van der Waals surface area (Å²) in [6, 6.07) is 3.85. The maximum atomic E-state index is 10.3. The van der Waals surface area contributed by atoms with Crippen LogP contribution < -0.4 is 4.74 Å². The molecule has 18 heavy (non-hydrogen) atoms. The van der Waals surface area contributed by atoms with Gasteiger partial charge in [-0.15, -0.1) is 11.3 Å². The molecular weight excluding hydrogens is 246 g/mol. The lowest BCUT2D eigenvalue weighted by atomic mass is 10.1. The van der Waals surface area contributed by atoms with Gasteiger partial charge in [0.05, 0.1) is 12.3 Å². The fourth-order valence-electron chi connectivity index (χ4n) is 1.74. The Morgan fingerprint density at radius 1 is 1.33 bits per heavy atom. The van der Waals surface area contributed by atoms with Gasteiger partial charge in [0.25, 0.3) is 0 Å². The van der Waals surface area contributed by atoms with Crippen molar-refractivity contribution in [2.75, 3.05) is 0 Å². The number of ether oxygens (including phenoxy) is 1. The molecule has 1 unspecified atom stereocenters. The maximum absolute atomic E-state index is 10.3. The fourth-order valence-corrected chi connectivity index (χ4v) is 2.68. The van der Waals surface area contributed by atoms with E-state index in [9.17, 15) is 5.11 Å². The second-order valence-corrected chi connectivity index (χ2v) is 5.44. The third kappa shape index (κ3) is 2.89. The van der Waals surface area contributed by atoms with Crippen molar-refractivity contribution >= 4 is 11.3 Å². The van der Waals surface area contributed by atoms with Crippen molar-refractivity contribution in [3.63, 3.8) is 0 Å². The molecule has 96 valence electrons. The SMILES string of the molecule is Cc1ccsc1C(O)c1cncc(OC(C)C)c1. The Morgan fingerprint density at radius 3 is 2.72 bits per heavy atom. The largest absolute Gasteiger partial charge is 0.489 e. The molecule has 0 spiro atoms. The molecule has 0 saturated carbocycles. The normalized spacial score (nSPS) is 12.7. The molecule has 2 rings (SSSR count). The summed E-state index contributed by atoms with van der Waals surface area (Å²) in [7, 11) is 0. The third-order valence-corrected chi connectivity index (χ3v) is 3.64. The molecule has 1 N–H and O–H groups in total. The van der Waals surface area contributed by atoms with Crippen LogP contribution in [0.25, 0.3) is 0 Å². The topological polar surface area (TPSA) is 42.4 Å². The third-order valence-electron chi connectivity index (χ3n) is 2.57. The zero-order valence-corrected chi connectivity index (χ0v) is 11.6. The second kappa shape index (κ2) is 5.50. The fraction of sp³-hybridized carbons (Fsp3) is 0.357. The molecule has 0 aromatic carbocycles. The minimum absolute atomic E-state index is 0.0997. The molecule has 0 amide bonds. The number of rotatable bonds is 4. The number of aliphatic hydroxyl groups is 1. The summed E-state index contributed by atoms with van der Waals surface area (Å²) < 4.78 is 5.58. The Labute approximate surface area is 111 Å². The van der Waals surface area contributed by atoms with Gasteiger partial charge in [0.15, 0.2) is 0 Å². The minimum atomic E-state index is -0.631. The molecule has 0 aliphatic rings.